The summed E-state index contributed by atoms with van der Waals surface area (Å²) in [7, 11) is -2.54. The summed E-state index contributed by atoms with van der Waals surface area (Å²) in [5, 5.41) is 5.00. The van der Waals surface area contributed by atoms with Gasteiger partial charge >= 0.3 is 0 Å². The van der Waals surface area contributed by atoms with Crippen molar-refractivity contribution in [2.75, 3.05) is 20.2 Å². The average Bonchev–Trinajstić information content (AvgIpc) is 2.92. The number of sulfonamides is 1. The largest absolute Gasteiger partial charge is 0.496 e. The van der Waals surface area contributed by atoms with Crippen molar-refractivity contribution in [1.29, 1.82) is 0 Å². The summed E-state index contributed by atoms with van der Waals surface area (Å²) in [6, 6.07) is 19.9. The molecule has 9 heteroatoms. The van der Waals surface area contributed by atoms with Gasteiger partial charge < -0.3 is 15.4 Å². The van der Waals surface area contributed by atoms with E-state index in [2.05, 4.69) is 20.3 Å². The van der Waals surface area contributed by atoms with Crippen molar-refractivity contribution in [3.05, 3.63) is 95.8 Å². The normalized spacial score (nSPS) is 16.3. The van der Waals surface area contributed by atoms with Gasteiger partial charge in [-0.2, -0.15) is 0 Å². The maximum Gasteiger partial charge on any atom is 0.256 e. The Bertz CT molecular complexity index is 1230. The molecule has 1 aromatic heterocycles. The minimum atomic E-state index is -4.02. The van der Waals surface area contributed by atoms with Crippen molar-refractivity contribution in [3.63, 3.8) is 0 Å². The number of methoxy groups -OCH3 is 1. The van der Waals surface area contributed by atoms with Crippen LogP contribution < -0.4 is 20.1 Å². The van der Waals surface area contributed by atoms with Gasteiger partial charge in [-0.25, -0.2) is 13.1 Å². The van der Waals surface area contributed by atoms with E-state index in [1.54, 1.807) is 48.8 Å². The predicted octanol–water partition coefficient (Wildman–Crippen LogP) is 2.59. The number of ether oxygens (including phenoxy) is 1. The van der Waals surface area contributed by atoms with Crippen LogP contribution in [-0.2, 0) is 22.0 Å². The first kappa shape index (κ1) is 24.8. The van der Waals surface area contributed by atoms with Crippen LogP contribution >= 0.6 is 0 Å². The number of piperidine rings is 1. The second-order valence-electron chi connectivity index (χ2n) is 8.55. The molecule has 3 aromatic rings. The van der Waals surface area contributed by atoms with Crippen molar-refractivity contribution in [2.24, 2.45) is 0 Å². The van der Waals surface area contributed by atoms with E-state index in [9.17, 15) is 13.2 Å². The van der Waals surface area contributed by atoms with Gasteiger partial charge in [0.2, 0.25) is 10.0 Å². The molecule has 1 aliphatic rings. The third-order valence-corrected chi connectivity index (χ3v) is 8.23. The highest BCUT2D eigenvalue weighted by atomic mass is 32.2. The zero-order valence-corrected chi connectivity index (χ0v) is 20.4. The van der Waals surface area contributed by atoms with Crippen molar-refractivity contribution in [1.82, 2.24) is 20.3 Å². The molecule has 1 saturated heterocycles. The summed E-state index contributed by atoms with van der Waals surface area (Å²) in [4.78, 5) is 17.4. The number of nitrogens with one attached hydrogen (secondary N) is 3. The number of pyridine rings is 1. The van der Waals surface area contributed by atoms with Crippen molar-refractivity contribution in [2.45, 2.75) is 30.2 Å². The Morgan fingerprint density at radius 1 is 1.03 bits per heavy atom. The third-order valence-electron chi connectivity index (χ3n) is 6.50. The standard InChI is InChI=1S/C26H30N4O4S/c1-34-23-10-6-5-9-22(23)24(31)30-25(35(32,33)29-19-20-11-15-27-16-12-20)26(13-17-28-18-14-26)21-7-3-2-4-8-21/h2-12,15-16,25,28-29H,13-14,17-19H2,1H3,(H,30,31). The summed E-state index contributed by atoms with van der Waals surface area (Å²) in [6.45, 7) is 1.36. The van der Waals surface area contributed by atoms with Gasteiger partial charge in [-0.1, -0.05) is 42.5 Å². The number of aromatic nitrogens is 1. The molecule has 2 heterocycles. The molecule has 0 aliphatic carbocycles. The Morgan fingerprint density at radius 3 is 2.37 bits per heavy atom. The fourth-order valence-corrected chi connectivity index (χ4v) is 6.42. The van der Waals surface area contributed by atoms with E-state index in [4.69, 9.17) is 4.74 Å². The molecule has 4 rings (SSSR count). The van der Waals surface area contributed by atoms with Crippen LogP contribution in [0.5, 0.6) is 5.75 Å². The molecule has 8 nitrogen and oxygen atoms in total. The molecule has 1 fully saturated rings. The smallest absolute Gasteiger partial charge is 0.256 e. The van der Waals surface area contributed by atoms with Crippen LogP contribution in [0.1, 0.15) is 34.3 Å². The third kappa shape index (κ3) is 5.53. The fraction of sp³-hybridized carbons (Fsp3) is 0.308. The summed E-state index contributed by atoms with van der Waals surface area (Å²) in [5.41, 5.74) is 1.11. The van der Waals surface area contributed by atoms with Crippen LogP contribution in [0.15, 0.2) is 79.1 Å². The lowest BCUT2D eigenvalue weighted by Gasteiger charge is -2.44. The van der Waals surface area contributed by atoms with E-state index in [-0.39, 0.29) is 12.1 Å². The van der Waals surface area contributed by atoms with Crippen LogP contribution in [0.25, 0.3) is 0 Å². The van der Waals surface area contributed by atoms with Gasteiger partial charge in [0.05, 0.1) is 12.7 Å². The van der Waals surface area contributed by atoms with E-state index < -0.39 is 26.7 Å². The maximum atomic E-state index is 13.9. The van der Waals surface area contributed by atoms with E-state index >= 15 is 0 Å². The van der Waals surface area contributed by atoms with Gasteiger partial charge in [-0.15, -0.1) is 0 Å². The van der Waals surface area contributed by atoms with E-state index in [1.165, 1.54) is 7.11 Å². The first-order chi connectivity index (χ1) is 17.0. The summed E-state index contributed by atoms with van der Waals surface area (Å²) < 4.78 is 35.9. The summed E-state index contributed by atoms with van der Waals surface area (Å²) in [6.07, 6.45) is 4.32. The van der Waals surface area contributed by atoms with Crippen LogP contribution in [0, 0.1) is 0 Å². The Kier molecular flexibility index (Phi) is 7.80. The molecular formula is C26H30N4O4S. The lowest BCUT2D eigenvalue weighted by molar-refractivity contribution is 0.0922. The van der Waals surface area contributed by atoms with Gasteiger partial charge in [-0.05, 0) is 61.3 Å². The predicted molar refractivity (Wildman–Crippen MR) is 134 cm³/mol. The monoisotopic (exact) mass is 494 g/mol. The molecule has 2 aromatic carbocycles. The molecule has 35 heavy (non-hydrogen) atoms. The van der Waals surface area contributed by atoms with Crippen LogP contribution in [0.2, 0.25) is 0 Å². The first-order valence-corrected chi connectivity index (χ1v) is 13.1. The Morgan fingerprint density at radius 2 is 1.69 bits per heavy atom. The van der Waals surface area contributed by atoms with Crippen molar-refractivity contribution < 1.29 is 17.9 Å². The topological polar surface area (TPSA) is 109 Å². The van der Waals surface area contributed by atoms with Crippen LogP contribution in [0.3, 0.4) is 0 Å². The molecular weight excluding hydrogens is 464 g/mol. The SMILES string of the molecule is COc1ccccc1C(=O)NC(C1(c2ccccc2)CCNCC1)S(=O)(=O)NCc1ccncc1. The number of carbonyl (C=O) groups is 1. The van der Waals surface area contributed by atoms with E-state index in [0.717, 1.165) is 11.1 Å². The number of amides is 1. The molecule has 1 amide bonds. The zero-order valence-electron chi connectivity index (χ0n) is 19.6. The Hall–Kier alpha value is -3.27. The van der Waals surface area contributed by atoms with Crippen molar-refractivity contribution >= 4 is 15.9 Å². The first-order valence-electron chi connectivity index (χ1n) is 11.5. The Labute approximate surface area is 206 Å². The lowest BCUT2D eigenvalue weighted by Crippen LogP contribution is -2.60. The molecule has 1 atom stereocenters. The Balaban J connectivity index is 1.75. The number of nitrogens with zero attached hydrogens (tertiary/aromatic N) is 1. The molecule has 0 radical (unpaired) electrons. The van der Waals surface area contributed by atoms with Gasteiger partial charge in [0.25, 0.3) is 5.91 Å². The molecule has 1 unspecified atom stereocenters. The highest BCUT2D eigenvalue weighted by molar-refractivity contribution is 7.90. The number of hydrogen-bond donors (Lipinski definition) is 3. The minimum absolute atomic E-state index is 0.0923. The molecule has 0 spiro atoms. The van der Waals surface area contributed by atoms with Gasteiger partial charge in [0.1, 0.15) is 5.75 Å². The highest BCUT2D eigenvalue weighted by Gasteiger charge is 2.49. The van der Waals surface area contributed by atoms with Gasteiger partial charge in [-0.3, -0.25) is 9.78 Å². The summed E-state index contributed by atoms with van der Waals surface area (Å²) in [5.74, 6) is -0.125. The molecule has 0 saturated carbocycles. The van der Waals surface area contributed by atoms with E-state index in [1.807, 2.05) is 30.3 Å². The van der Waals surface area contributed by atoms with Crippen LogP contribution in [0.4, 0.5) is 0 Å². The highest BCUT2D eigenvalue weighted by Crippen LogP contribution is 2.39. The zero-order chi connectivity index (χ0) is 24.7. The second-order valence-corrected chi connectivity index (χ2v) is 10.4. The second kappa shape index (κ2) is 11.0. The van der Waals surface area contributed by atoms with Crippen LogP contribution in [-0.4, -0.2) is 44.9 Å². The number of rotatable bonds is 9. The fourth-order valence-electron chi connectivity index (χ4n) is 4.65. The maximum absolute atomic E-state index is 13.9. The number of carbonyl (C=O) groups excluding carboxylic acids is 1. The average molecular weight is 495 g/mol. The number of hydrogen-bond acceptors (Lipinski definition) is 6. The minimum Gasteiger partial charge on any atom is -0.496 e. The lowest BCUT2D eigenvalue weighted by atomic mass is 9.72. The molecule has 0 bridgehead atoms. The number of benzene rings is 2. The molecule has 184 valence electrons. The molecule has 1 aliphatic heterocycles. The summed E-state index contributed by atoms with van der Waals surface area (Å²) >= 11 is 0. The molecule has 3 N–H and O–H groups in total. The van der Waals surface area contributed by atoms with E-state index in [0.29, 0.717) is 31.7 Å². The quantitative estimate of drug-likeness (QED) is 0.422. The van der Waals surface area contributed by atoms with Gasteiger partial charge in [0.15, 0.2) is 5.37 Å². The van der Waals surface area contributed by atoms with Gasteiger partial charge in [0, 0.05) is 24.4 Å². The number of para-hydroxylation sites is 1. The van der Waals surface area contributed by atoms with Crippen molar-refractivity contribution in [3.8, 4) is 5.75 Å².